The topological polar surface area (TPSA) is 25.8 Å². The van der Waals surface area contributed by atoms with Crippen LogP contribution in [0, 0.1) is 0 Å². The van der Waals surface area contributed by atoms with Crippen LogP contribution in [0.25, 0.3) is 0 Å². The molecule has 0 aromatic carbocycles. The van der Waals surface area contributed by atoms with Crippen molar-refractivity contribution < 1.29 is 35.6 Å². The first kappa shape index (κ1) is 13.0. The molecule has 0 bridgehead atoms. The molecule has 13 heavy (non-hydrogen) atoms. The number of quaternary nitrogens is 1. The molecule has 2 N–H and O–H groups in total. The van der Waals surface area contributed by atoms with Gasteiger partial charge in [0.05, 0.1) is 6.54 Å². The molecule has 0 aliphatic carbocycles. The number of piperidine rings is 1. The van der Waals surface area contributed by atoms with E-state index in [1.54, 1.807) is 0 Å². The number of hydrogen-bond donors (Lipinski definition) is 1. The lowest BCUT2D eigenvalue weighted by atomic mass is 10.1. The van der Waals surface area contributed by atoms with E-state index in [0.717, 1.165) is 25.8 Å². The molecule has 0 saturated carbocycles. The zero-order valence-corrected chi connectivity index (χ0v) is 7.87. The van der Waals surface area contributed by atoms with Crippen LogP contribution in [0.4, 0.5) is 13.2 Å². The molecule has 1 saturated heterocycles. The summed E-state index contributed by atoms with van der Waals surface area (Å²) in [6.07, 6.45) is -1.52. The van der Waals surface area contributed by atoms with Gasteiger partial charge < -0.3 is 17.7 Å². The molecule has 0 aromatic rings. The molecule has 0 aromatic heterocycles. The summed E-state index contributed by atoms with van der Waals surface area (Å²) in [5.74, 6) is 0. The Balaban J connectivity index is 0.00000144. The third kappa shape index (κ3) is 6.12. The largest absolute Gasteiger partial charge is 1.00 e. The van der Waals surface area contributed by atoms with Gasteiger partial charge in [-0.2, -0.15) is 0 Å². The Labute approximate surface area is 81.2 Å². The Hall–Kier alpha value is 0. The van der Waals surface area contributed by atoms with E-state index in [0.29, 0.717) is 0 Å². The first-order valence-corrected chi connectivity index (χ1v) is 4.12. The predicted octanol–water partition coefficient (Wildman–Crippen LogP) is -2.36. The van der Waals surface area contributed by atoms with Crippen molar-refractivity contribution in [1.82, 2.24) is 0 Å². The summed E-state index contributed by atoms with van der Waals surface area (Å²) >= 11 is 0. The zero-order chi connectivity index (χ0) is 9.03. The van der Waals surface area contributed by atoms with Gasteiger partial charge in [0, 0.05) is 6.42 Å². The number of halogens is 4. The summed E-state index contributed by atoms with van der Waals surface area (Å²) in [4.78, 5) is 0. The maximum Gasteiger partial charge on any atom is 0.522 e. The standard InChI is InChI=1S/C7H12F3NO.ClH/c8-7(9,10)12-5-6-3-1-2-4-11-6;/h6,11H,1-5H2;1H. The Bertz CT molecular complexity index is 136. The molecule has 1 fully saturated rings. The van der Waals surface area contributed by atoms with Crippen molar-refractivity contribution in [2.75, 3.05) is 13.2 Å². The van der Waals surface area contributed by atoms with Gasteiger partial charge in [-0.15, -0.1) is 13.2 Å². The molecular weight excluding hydrogens is 207 g/mol. The Morgan fingerprint density at radius 3 is 2.46 bits per heavy atom. The molecule has 0 spiro atoms. The van der Waals surface area contributed by atoms with Crippen LogP contribution in [0.2, 0.25) is 0 Å². The average Bonchev–Trinajstić information content (AvgIpc) is 2.02. The van der Waals surface area contributed by atoms with E-state index in [2.05, 4.69) is 4.74 Å². The molecular formula is C7H13ClF3NO. The highest BCUT2D eigenvalue weighted by Gasteiger charge is 2.31. The summed E-state index contributed by atoms with van der Waals surface area (Å²) in [6.45, 7) is 0.718. The van der Waals surface area contributed by atoms with Crippen LogP contribution < -0.4 is 17.7 Å². The molecule has 1 heterocycles. The van der Waals surface area contributed by atoms with Crippen LogP contribution >= 0.6 is 0 Å². The molecule has 1 unspecified atom stereocenters. The van der Waals surface area contributed by atoms with Crippen LogP contribution in [0.1, 0.15) is 19.3 Å². The minimum atomic E-state index is -4.47. The van der Waals surface area contributed by atoms with Crippen molar-refractivity contribution in [3.8, 4) is 0 Å². The number of ether oxygens (including phenoxy) is 1. The first-order chi connectivity index (χ1) is 5.58. The third-order valence-corrected chi connectivity index (χ3v) is 1.99. The van der Waals surface area contributed by atoms with Gasteiger partial charge >= 0.3 is 6.36 Å². The Kier molecular flexibility index (Phi) is 5.67. The van der Waals surface area contributed by atoms with Crippen LogP contribution in [0.5, 0.6) is 0 Å². The van der Waals surface area contributed by atoms with Crippen molar-refractivity contribution in [3.05, 3.63) is 0 Å². The molecule has 1 atom stereocenters. The fraction of sp³-hybridized carbons (Fsp3) is 1.00. The summed E-state index contributed by atoms with van der Waals surface area (Å²) in [7, 11) is 0. The van der Waals surface area contributed by atoms with Gasteiger partial charge in [-0.05, 0) is 12.8 Å². The highest BCUT2D eigenvalue weighted by atomic mass is 35.5. The van der Waals surface area contributed by atoms with Gasteiger partial charge in [-0.3, -0.25) is 4.74 Å². The lowest BCUT2D eigenvalue weighted by Gasteiger charge is -2.20. The highest BCUT2D eigenvalue weighted by molar-refractivity contribution is 4.57. The SMILES string of the molecule is FC(F)(F)OCC1CCCC[NH2+]1.[Cl-]. The van der Waals surface area contributed by atoms with E-state index in [-0.39, 0.29) is 25.1 Å². The van der Waals surface area contributed by atoms with Crippen LogP contribution in [-0.2, 0) is 4.74 Å². The summed E-state index contributed by atoms with van der Waals surface area (Å²) < 4.78 is 38.5. The third-order valence-electron chi connectivity index (χ3n) is 1.99. The lowest BCUT2D eigenvalue weighted by molar-refractivity contribution is -0.701. The van der Waals surface area contributed by atoms with E-state index >= 15 is 0 Å². The number of hydrogen-bond acceptors (Lipinski definition) is 1. The smallest absolute Gasteiger partial charge is 0.522 e. The average molecular weight is 220 g/mol. The van der Waals surface area contributed by atoms with Gasteiger partial charge in [0.15, 0.2) is 0 Å². The van der Waals surface area contributed by atoms with Crippen LogP contribution in [-0.4, -0.2) is 25.6 Å². The zero-order valence-electron chi connectivity index (χ0n) is 7.11. The fourth-order valence-corrected chi connectivity index (χ4v) is 1.38. The number of rotatable bonds is 2. The lowest BCUT2D eigenvalue weighted by Crippen LogP contribution is -3.00. The maximum absolute atomic E-state index is 11.6. The normalized spacial score (nSPS) is 23.8. The quantitative estimate of drug-likeness (QED) is 0.553. The molecule has 6 heteroatoms. The molecule has 80 valence electrons. The van der Waals surface area contributed by atoms with E-state index in [4.69, 9.17) is 0 Å². The van der Waals surface area contributed by atoms with Crippen molar-refractivity contribution >= 4 is 0 Å². The Morgan fingerprint density at radius 1 is 1.31 bits per heavy atom. The van der Waals surface area contributed by atoms with Gasteiger partial charge in [0.1, 0.15) is 12.6 Å². The number of alkyl halides is 3. The summed E-state index contributed by atoms with van der Waals surface area (Å²) in [5.41, 5.74) is 0. The molecule has 1 aliphatic rings. The second kappa shape index (κ2) is 5.67. The van der Waals surface area contributed by atoms with Crippen LogP contribution in [0.15, 0.2) is 0 Å². The van der Waals surface area contributed by atoms with E-state index in [1.165, 1.54) is 0 Å². The minimum absolute atomic E-state index is 0. The Morgan fingerprint density at radius 2 is 2.00 bits per heavy atom. The second-order valence-corrected chi connectivity index (χ2v) is 3.04. The van der Waals surface area contributed by atoms with Crippen molar-refractivity contribution in [1.29, 1.82) is 0 Å². The maximum atomic E-state index is 11.6. The molecule has 1 aliphatic heterocycles. The van der Waals surface area contributed by atoms with Crippen molar-refractivity contribution in [3.63, 3.8) is 0 Å². The second-order valence-electron chi connectivity index (χ2n) is 3.04. The fourth-order valence-electron chi connectivity index (χ4n) is 1.38. The predicted molar refractivity (Wildman–Crippen MR) is 36.4 cm³/mol. The van der Waals surface area contributed by atoms with Gasteiger partial charge in [-0.25, -0.2) is 0 Å². The van der Waals surface area contributed by atoms with Crippen molar-refractivity contribution in [2.45, 2.75) is 31.7 Å². The van der Waals surface area contributed by atoms with Gasteiger partial charge in [-0.1, -0.05) is 0 Å². The molecule has 2 nitrogen and oxygen atoms in total. The monoisotopic (exact) mass is 219 g/mol. The molecule has 0 amide bonds. The van der Waals surface area contributed by atoms with Gasteiger partial charge in [0.25, 0.3) is 0 Å². The van der Waals surface area contributed by atoms with Gasteiger partial charge in [0.2, 0.25) is 0 Å². The van der Waals surface area contributed by atoms with E-state index < -0.39 is 6.36 Å². The number of nitrogens with two attached hydrogens (primary N) is 1. The highest BCUT2D eigenvalue weighted by Crippen LogP contribution is 2.16. The first-order valence-electron chi connectivity index (χ1n) is 4.12. The molecule has 0 radical (unpaired) electrons. The van der Waals surface area contributed by atoms with E-state index in [1.807, 2.05) is 5.32 Å². The minimum Gasteiger partial charge on any atom is -1.00 e. The van der Waals surface area contributed by atoms with E-state index in [9.17, 15) is 13.2 Å². The van der Waals surface area contributed by atoms with Crippen LogP contribution in [0.3, 0.4) is 0 Å². The summed E-state index contributed by atoms with van der Waals surface area (Å²) in [5, 5.41) is 1.93. The van der Waals surface area contributed by atoms with Crippen molar-refractivity contribution in [2.24, 2.45) is 0 Å². The summed E-state index contributed by atoms with van der Waals surface area (Å²) in [6, 6.07) is 0.000347. The molecule has 1 rings (SSSR count).